The van der Waals surface area contributed by atoms with Crippen molar-refractivity contribution in [1.82, 2.24) is 10.2 Å². The van der Waals surface area contributed by atoms with Gasteiger partial charge in [-0.3, -0.25) is 0 Å². The van der Waals surface area contributed by atoms with Crippen molar-refractivity contribution < 1.29 is 8.42 Å². The van der Waals surface area contributed by atoms with Crippen LogP contribution in [-0.2, 0) is 22.9 Å². The van der Waals surface area contributed by atoms with Crippen LogP contribution in [-0.4, -0.2) is 39.6 Å². The zero-order chi connectivity index (χ0) is 18.4. The number of aliphatic imine (C=N–C) groups is 1. The molecule has 142 valence electrons. The molecule has 0 unspecified atom stereocenters. The molecule has 2 aromatic rings. The normalized spacial score (nSPS) is 11.6. The van der Waals surface area contributed by atoms with E-state index in [0.717, 1.165) is 23.3 Å². The molecule has 8 heteroatoms. The number of hydrogen-bond donors (Lipinski definition) is 1. The molecule has 0 aliphatic heterocycles. The van der Waals surface area contributed by atoms with Crippen LogP contribution in [0, 0.1) is 0 Å². The minimum atomic E-state index is -3.32. The molecule has 0 spiro atoms. The smallest absolute Gasteiger partial charge is 0.194 e. The Hall–Kier alpha value is -1.32. The second-order valence-corrected chi connectivity index (χ2v) is 8.30. The van der Waals surface area contributed by atoms with Gasteiger partial charge in [-0.05, 0) is 23.3 Å². The summed E-state index contributed by atoms with van der Waals surface area (Å²) in [5.74, 6) is 0.743. The van der Waals surface area contributed by atoms with Gasteiger partial charge in [0, 0.05) is 26.9 Å². The summed E-state index contributed by atoms with van der Waals surface area (Å²) in [6.45, 7) is 1.07. The van der Waals surface area contributed by atoms with E-state index in [0.29, 0.717) is 13.1 Å². The fourth-order valence-corrected chi connectivity index (χ4v) is 3.59. The summed E-state index contributed by atoms with van der Waals surface area (Å²) in [5, 5.41) is 3.52. The molecular weight excluding hydrogens is 485 g/mol. The van der Waals surface area contributed by atoms with E-state index in [1.165, 1.54) is 6.07 Å². The summed E-state index contributed by atoms with van der Waals surface area (Å²) in [7, 11) is 0.504. The zero-order valence-electron chi connectivity index (χ0n) is 14.9. The predicted octanol–water partition coefficient (Wildman–Crippen LogP) is 3.57. The summed E-state index contributed by atoms with van der Waals surface area (Å²) >= 11 is 6.08. The Morgan fingerprint density at radius 2 is 1.77 bits per heavy atom. The highest BCUT2D eigenvalue weighted by Crippen LogP contribution is 2.22. The number of guanidine groups is 1. The van der Waals surface area contributed by atoms with Crippen LogP contribution in [0.5, 0.6) is 0 Å². The van der Waals surface area contributed by atoms with Crippen molar-refractivity contribution in [3.8, 4) is 0 Å². The van der Waals surface area contributed by atoms with E-state index in [9.17, 15) is 8.42 Å². The second-order valence-electron chi connectivity index (χ2n) is 5.91. The Kier molecular flexibility index (Phi) is 8.85. The Labute approximate surface area is 177 Å². The maximum atomic E-state index is 11.6. The van der Waals surface area contributed by atoms with Gasteiger partial charge in [-0.2, -0.15) is 0 Å². The van der Waals surface area contributed by atoms with E-state index in [1.54, 1.807) is 12.1 Å². The van der Waals surface area contributed by atoms with Crippen LogP contribution < -0.4 is 5.32 Å². The molecule has 0 radical (unpaired) electrons. The van der Waals surface area contributed by atoms with Gasteiger partial charge in [0.2, 0.25) is 0 Å². The predicted molar refractivity (Wildman–Crippen MR) is 118 cm³/mol. The SMILES string of the molecule is CN(C)C(=NCc1ccc(S(C)(=O)=O)c(Cl)c1)NCc1ccccc1.I. The first-order valence-electron chi connectivity index (χ1n) is 7.75. The van der Waals surface area contributed by atoms with E-state index >= 15 is 0 Å². The van der Waals surface area contributed by atoms with Gasteiger partial charge in [-0.25, -0.2) is 13.4 Å². The summed E-state index contributed by atoms with van der Waals surface area (Å²) in [6.07, 6.45) is 1.14. The monoisotopic (exact) mass is 507 g/mol. The molecule has 0 aromatic heterocycles. The molecule has 1 N–H and O–H groups in total. The molecule has 0 atom stereocenters. The number of hydrogen-bond acceptors (Lipinski definition) is 3. The van der Waals surface area contributed by atoms with Gasteiger partial charge in [0.1, 0.15) is 0 Å². The van der Waals surface area contributed by atoms with Crippen LogP contribution in [0.15, 0.2) is 58.4 Å². The summed E-state index contributed by atoms with van der Waals surface area (Å²) in [5.41, 5.74) is 2.01. The quantitative estimate of drug-likeness (QED) is 0.382. The van der Waals surface area contributed by atoms with Crippen LogP contribution in [0.4, 0.5) is 0 Å². The average Bonchev–Trinajstić information content (AvgIpc) is 2.54. The van der Waals surface area contributed by atoms with E-state index in [-0.39, 0.29) is 33.9 Å². The standard InChI is InChI=1S/C18H22ClN3O2S.HI/c1-22(2)18(20-12-14-7-5-4-6-8-14)21-13-15-9-10-17(16(19)11-15)25(3,23)24;/h4-11H,12-13H2,1-3H3,(H,20,21);1H. The van der Waals surface area contributed by atoms with Gasteiger partial charge < -0.3 is 10.2 Å². The average molecular weight is 508 g/mol. The fraction of sp³-hybridized carbons (Fsp3) is 0.278. The highest BCUT2D eigenvalue weighted by molar-refractivity contribution is 14.0. The van der Waals surface area contributed by atoms with Crippen LogP contribution in [0.3, 0.4) is 0 Å². The molecule has 0 aliphatic rings. The van der Waals surface area contributed by atoms with Gasteiger partial charge in [-0.15, -0.1) is 24.0 Å². The van der Waals surface area contributed by atoms with Crippen molar-refractivity contribution in [3.63, 3.8) is 0 Å². The molecular formula is C18H23ClIN3O2S. The minimum Gasteiger partial charge on any atom is -0.352 e. The third-order valence-electron chi connectivity index (χ3n) is 3.52. The number of halogens is 2. The minimum absolute atomic E-state index is 0. The lowest BCUT2D eigenvalue weighted by molar-refractivity contribution is 0.578. The molecule has 0 bridgehead atoms. The second kappa shape index (κ2) is 10.1. The zero-order valence-corrected chi connectivity index (χ0v) is 18.8. The van der Waals surface area contributed by atoms with Crippen LogP contribution in [0.2, 0.25) is 5.02 Å². The first-order valence-corrected chi connectivity index (χ1v) is 10.0. The van der Waals surface area contributed by atoms with Gasteiger partial charge in [-0.1, -0.05) is 48.0 Å². The first kappa shape index (κ1) is 22.7. The maximum Gasteiger partial charge on any atom is 0.194 e. The fourth-order valence-electron chi connectivity index (χ4n) is 2.24. The van der Waals surface area contributed by atoms with Crippen molar-refractivity contribution in [2.24, 2.45) is 4.99 Å². The van der Waals surface area contributed by atoms with Crippen molar-refractivity contribution in [2.75, 3.05) is 20.4 Å². The Bertz CT molecular complexity index is 856. The Morgan fingerprint density at radius 3 is 2.31 bits per heavy atom. The van der Waals surface area contributed by atoms with E-state index in [4.69, 9.17) is 11.6 Å². The number of benzene rings is 2. The topological polar surface area (TPSA) is 61.8 Å². The Morgan fingerprint density at radius 1 is 1.12 bits per heavy atom. The molecule has 5 nitrogen and oxygen atoms in total. The highest BCUT2D eigenvalue weighted by Gasteiger charge is 2.12. The molecule has 0 saturated carbocycles. The Balaban J connectivity index is 0.00000338. The molecule has 2 aromatic carbocycles. The third kappa shape index (κ3) is 6.77. The number of sulfone groups is 1. The number of nitrogens with one attached hydrogen (secondary N) is 1. The molecule has 2 rings (SSSR count). The molecule has 0 amide bonds. The summed E-state index contributed by atoms with van der Waals surface area (Å²) in [6, 6.07) is 15.0. The third-order valence-corrected chi connectivity index (χ3v) is 5.10. The van der Waals surface area contributed by atoms with E-state index < -0.39 is 9.84 Å². The summed E-state index contributed by atoms with van der Waals surface area (Å²) < 4.78 is 23.2. The van der Waals surface area contributed by atoms with Gasteiger partial charge in [0.25, 0.3) is 0 Å². The lowest BCUT2D eigenvalue weighted by Crippen LogP contribution is -2.36. The van der Waals surface area contributed by atoms with E-state index in [1.807, 2.05) is 49.3 Å². The lowest BCUT2D eigenvalue weighted by Gasteiger charge is -2.18. The molecule has 0 aliphatic carbocycles. The van der Waals surface area contributed by atoms with Crippen molar-refractivity contribution in [3.05, 3.63) is 64.7 Å². The van der Waals surface area contributed by atoms with Gasteiger partial charge in [0.05, 0.1) is 16.5 Å². The molecule has 0 fully saturated rings. The highest BCUT2D eigenvalue weighted by atomic mass is 127. The van der Waals surface area contributed by atoms with Gasteiger partial charge >= 0.3 is 0 Å². The van der Waals surface area contributed by atoms with Crippen molar-refractivity contribution >= 4 is 51.4 Å². The molecule has 0 heterocycles. The van der Waals surface area contributed by atoms with E-state index in [2.05, 4.69) is 10.3 Å². The number of nitrogens with zero attached hydrogens (tertiary/aromatic N) is 2. The van der Waals surface area contributed by atoms with Crippen LogP contribution >= 0.6 is 35.6 Å². The lowest BCUT2D eigenvalue weighted by atomic mass is 10.2. The van der Waals surface area contributed by atoms with Crippen LogP contribution in [0.1, 0.15) is 11.1 Å². The van der Waals surface area contributed by atoms with Crippen molar-refractivity contribution in [1.29, 1.82) is 0 Å². The van der Waals surface area contributed by atoms with Crippen LogP contribution in [0.25, 0.3) is 0 Å². The van der Waals surface area contributed by atoms with Gasteiger partial charge in [0.15, 0.2) is 15.8 Å². The maximum absolute atomic E-state index is 11.6. The molecule has 0 saturated heterocycles. The first-order chi connectivity index (χ1) is 11.8. The number of rotatable bonds is 5. The van der Waals surface area contributed by atoms with Crippen molar-refractivity contribution in [2.45, 2.75) is 18.0 Å². The largest absolute Gasteiger partial charge is 0.352 e. The summed E-state index contributed by atoms with van der Waals surface area (Å²) in [4.78, 5) is 6.60. The molecule has 26 heavy (non-hydrogen) atoms.